The normalized spacial score (nSPS) is 24.6. The Morgan fingerprint density at radius 1 is 1.50 bits per heavy atom. The molecule has 2 unspecified atom stereocenters. The lowest BCUT2D eigenvalue weighted by Gasteiger charge is -2.14. The van der Waals surface area contributed by atoms with Crippen LogP contribution in [-0.4, -0.2) is 24.2 Å². The fourth-order valence-corrected chi connectivity index (χ4v) is 3.10. The van der Waals surface area contributed by atoms with Crippen LogP contribution in [0.25, 0.3) is 0 Å². The summed E-state index contributed by atoms with van der Waals surface area (Å²) in [5.41, 5.74) is 1.92. The summed E-state index contributed by atoms with van der Waals surface area (Å²) in [5.74, 6) is 0. The molecule has 0 N–H and O–H groups in total. The van der Waals surface area contributed by atoms with Crippen molar-refractivity contribution in [2.24, 2.45) is 0 Å². The zero-order valence-electron chi connectivity index (χ0n) is 9.60. The topological polar surface area (TPSA) is 26.3 Å². The number of aldehydes is 1. The predicted octanol–water partition coefficient (Wildman–Crippen LogP) is 3.08. The van der Waals surface area contributed by atoms with Crippen LogP contribution in [0.3, 0.4) is 0 Å². The highest BCUT2D eigenvalue weighted by molar-refractivity contribution is 8.00. The molecule has 1 heterocycles. The Labute approximate surface area is 100 Å². The molecule has 1 aromatic carbocycles. The lowest BCUT2D eigenvalue weighted by atomic mass is 10.2. The van der Waals surface area contributed by atoms with Gasteiger partial charge in [-0.3, -0.25) is 4.79 Å². The standard InChI is InChI=1S/C13H16O2S/c1-9-3-4-13(11(7-9)8-14)16-12-5-6-15-10(12)2/h3-4,7-8,10,12H,5-6H2,1-2H3. The van der Waals surface area contributed by atoms with Crippen molar-refractivity contribution in [2.75, 3.05) is 6.61 Å². The van der Waals surface area contributed by atoms with E-state index < -0.39 is 0 Å². The van der Waals surface area contributed by atoms with Gasteiger partial charge < -0.3 is 4.74 Å². The summed E-state index contributed by atoms with van der Waals surface area (Å²) in [5, 5.41) is 0.474. The van der Waals surface area contributed by atoms with E-state index in [-0.39, 0.29) is 6.10 Å². The molecule has 0 amide bonds. The van der Waals surface area contributed by atoms with Crippen molar-refractivity contribution in [2.45, 2.75) is 36.5 Å². The van der Waals surface area contributed by atoms with Crippen LogP contribution >= 0.6 is 11.8 Å². The molecule has 1 aliphatic rings. The third kappa shape index (κ3) is 2.47. The Morgan fingerprint density at radius 3 is 2.94 bits per heavy atom. The molecule has 0 aromatic heterocycles. The quantitative estimate of drug-likeness (QED) is 0.754. The maximum atomic E-state index is 11.0. The van der Waals surface area contributed by atoms with E-state index in [2.05, 4.69) is 13.0 Å². The second-order valence-electron chi connectivity index (χ2n) is 4.18. The van der Waals surface area contributed by atoms with Gasteiger partial charge in [0.05, 0.1) is 6.10 Å². The van der Waals surface area contributed by atoms with Gasteiger partial charge in [0.25, 0.3) is 0 Å². The van der Waals surface area contributed by atoms with E-state index in [1.165, 1.54) is 0 Å². The molecule has 16 heavy (non-hydrogen) atoms. The third-order valence-corrected chi connectivity index (χ3v) is 4.42. The van der Waals surface area contributed by atoms with Crippen molar-refractivity contribution in [3.63, 3.8) is 0 Å². The molecule has 0 bridgehead atoms. The van der Waals surface area contributed by atoms with Gasteiger partial charge in [-0.2, -0.15) is 0 Å². The van der Waals surface area contributed by atoms with E-state index in [1.807, 2.05) is 19.1 Å². The predicted molar refractivity (Wildman–Crippen MR) is 66.2 cm³/mol. The van der Waals surface area contributed by atoms with Crippen LogP contribution in [0.2, 0.25) is 0 Å². The molecule has 0 spiro atoms. The maximum absolute atomic E-state index is 11.0. The maximum Gasteiger partial charge on any atom is 0.151 e. The average molecular weight is 236 g/mol. The zero-order chi connectivity index (χ0) is 11.5. The SMILES string of the molecule is Cc1ccc(SC2CCOC2C)c(C=O)c1. The van der Waals surface area contributed by atoms with Crippen LogP contribution in [0, 0.1) is 6.92 Å². The number of hydrogen-bond donors (Lipinski definition) is 0. The van der Waals surface area contributed by atoms with E-state index in [1.54, 1.807) is 11.8 Å². The minimum Gasteiger partial charge on any atom is -0.377 e. The highest BCUT2D eigenvalue weighted by Crippen LogP contribution is 2.34. The summed E-state index contributed by atoms with van der Waals surface area (Å²) in [6.45, 7) is 4.93. The Bertz CT molecular complexity index is 390. The number of thioether (sulfide) groups is 1. The molecule has 86 valence electrons. The number of carbonyl (C=O) groups excluding carboxylic acids is 1. The summed E-state index contributed by atoms with van der Waals surface area (Å²) in [6, 6.07) is 6.03. The molecular weight excluding hydrogens is 220 g/mol. The van der Waals surface area contributed by atoms with Crippen molar-refractivity contribution in [3.8, 4) is 0 Å². The van der Waals surface area contributed by atoms with Gasteiger partial charge in [-0.25, -0.2) is 0 Å². The van der Waals surface area contributed by atoms with Gasteiger partial charge in [0, 0.05) is 22.3 Å². The molecular formula is C13H16O2S. The van der Waals surface area contributed by atoms with E-state index in [0.717, 1.165) is 35.3 Å². The second-order valence-corrected chi connectivity index (χ2v) is 5.46. The molecule has 1 aliphatic heterocycles. The van der Waals surface area contributed by atoms with Crippen molar-refractivity contribution >= 4 is 18.0 Å². The summed E-state index contributed by atoms with van der Waals surface area (Å²) in [4.78, 5) is 12.1. The second kappa shape index (κ2) is 5.02. The van der Waals surface area contributed by atoms with Crippen molar-refractivity contribution in [1.82, 2.24) is 0 Å². The Kier molecular flexibility index (Phi) is 3.66. The van der Waals surface area contributed by atoms with E-state index in [0.29, 0.717) is 5.25 Å². The smallest absolute Gasteiger partial charge is 0.151 e. The first-order chi connectivity index (χ1) is 7.70. The van der Waals surface area contributed by atoms with Gasteiger partial charge in [0.2, 0.25) is 0 Å². The molecule has 2 nitrogen and oxygen atoms in total. The van der Waals surface area contributed by atoms with E-state index in [9.17, 15) is 4.79 Å². The first-order valence-electron chi connectivity index (χ1n) is 5.55. The summed E-state index contributed by atoms with van der Waals surface area (Å²) in [7, 11) is 0. The number of aryl methyl sites for hydroxylation is 1. The van der Waals surface area contributed by atoms with E-state index >= 15 is 0 Å². The molecule has 1 fully saturated rings. The summed E-state index contributed by atoms with van der Waals surface area (Å²) in [6.07, 6.45) is 2.29. The minimum absolute atomic E-state index is 0.283. The van der Waals surface area contributed by atoms with Gasteiger partial charge in [-0.05, 0) is 32.4 Å². The molecule has 0 radical (unpaired) electrons. The minimum atomic E-state index is 0.283. The van der Waals surface area contributed by atoms with Crippen LogP contribution in [-0.2, 0) is 4.74 Å². The highest BCUT2D eigenvalue weighted by Gasteiger charge is 2.25. The summed E-state index contributed by atoms with van der Waals surface area (Å²) < 4.78 is 5.53. The molecule has 0 aliphatic carbocycles. The van der Waals surface area contributed by atoms with Crippen LogP contribution < -0.4 is 0 Å². The van der Waals surface area contributed by atoms with Crippen LogP contribution in [0.15, 0.2) is 23.1 Å². The number of hydrogen-bond acceptors (Lipinski definition) is 3. The number of benzene rings is 1. The van der Waals surface area contributed by atoms with Crippen LogP contribution in [0.1, 0.15) is 29.3 Å². The van der Waals surface area contributed by atoms with Gasteiger partial charge in [0.1, 0.15) is 0 Å². The first kappa shape index (κ1) is 11.7. The Balaban J connectivity index is 2.17. The number of carbonyl (C=O) groups is 1. The largest absolute Gasteiger partial charge is 0.377 e. The van der Waals surface area contributed by atoms with Crippen molar-refractivity contribution in [1.29, 1.82) is 0 Å². The third-order valence-electron chi connectivity index (χ3n) is 2.88. The van der Waals surface area contributed by atoms with Gasteiger partial charge >= 0.3 is 0 Å². The van der Waals surface area contributed by atoms with Gasteiger partial charge in [0.15, 0.2) is 6.29 Å². The summed E-state index contributed by atoms with van der Waals surface area (Å²) >= 11 is 1.76. The molecule has 0 saturated carbocycles. The van der Waals surface area contributed by atoms with E-state index in [4.69, 9.17) is 4.74 Å². The van der Waals surface area contributed by atoms with Gasteiger partial charge in [-0.1, -0.05) is 11.6 Å². The van der Waals surface area contributed by atoms with Crippen LogP contribution in [0.5, 0.6) is 0 Å². The molecule has 1 aromatic rings. The Morgan fingerprint density at radius 2 is 2.31 bits per heavy atom. The molecule has 3 heteroatoms. The highest BCUT2D eigenvalue weighted by atomic mass is 32.2. The molecule has 2 atom stereocenters. The number of rotatable bonds is 3. The average Bonchev–Trinajstić information content (AvgIpc) is 2.67. The monoisotopic (exact) mass is 236 g/mol. The zero-order valence-corrected chi connectivity index (χ0v) is 10.4. The fraction of sp³-hybridized carbons (Fsp3) is 0.462. The van der Waals surface area contributed by atoms with Crippen LogP contribution in [0.4, 0.5) is 0 Å². The molecule has 2 rings (SSSR count). The lowest BCUT2D eigenvalue weighted by molar-refractivity contribution is 0.112. The van der Waals surface area contributed by atoms with Crippen molar-refractivity contribution in [3.05, 3.63) is 29.3 Å². The number of ether oxygens (including phenoxy) is 1. The van der Waals surface area contributed by atoms with Gasteiger partial charge in [-0.15, -0.1) is 11.8 Å². The fourth-order valence-electron chi connectivity index (χ4n) is 1.90. The molecule has 1 saturated heterocycles. The lowest BCUT2D eigenvalue weighted by Crippen LogP contribution is -2.13. The van der Waals surface area contributed by atoms with Crippen molar-refractivity contribution < 1.29 is 9.53 Å². The Hall–Kier alpha value is -0.800. The first-order valence-corrected chi connectivity index (χ1v) is 6.43.